The number of anilines is 1. The first-order chi connectivity index (χ1) is 13.1. The largest absolute Gasteiger partial charge is 0.508 e. The van der Waals surface area contributed by atoms with Gasteiger partial charge in [-0.25, -0.2) is 5.43 Å². The molecule has 3 aromatic rings. The summed E-state index contributed by atoms with van der Waals surface area (Å²) >= 11 is 0. The average Bonchev–Trinajstić information content (AvgIpc) is 3.38. The van der Waals surface area contributed by atoms with Gasteiger partial charge >= 0.3 is 0 Å². The zero-order valence-corrected chi connectivity index (χ0v) is 14.2. The zero-order chi connectivity index (χ0) is 18.5. The maximum absolute atomic E-state index is 12.6. The number of nitrogens with one attached hydrogen (secondary N) is 3. The summed E-state index contributed by atoms with van der Waals surface area (Å²) in [5.74, 6) is -0.231. The number of hydrazone groups is 1. The number of benzene rings is 2. The van der Waals surface area contributed by atoms with Gasteiger partial charge < -0.3 is 15.4 Å². The van der Waals surface area contributed by atoms with Crippen molar-refractivity contribution in [1.82, 2.24) is 10.4 Å². The van der Waals surface area contributed by atoms with E-state index >= 15 is 0 Å². The van der Waals surface area contributed by atoms with Crippen molar-refractivity contribution < 1.29 is 14.7 Å². The Labute approximate surface area is 154 Å². The lowest BCUT2D eigenvalue weighted by atomic mass is 10.0. The van der Waals surface area contributed by atoms with Crippen LogP contribution in [-0.4, -0.2) is 28.1 Å². The Kier molecular flexibility index (Phi) is 3.30. The van der Waals surface area contributed by atoms with E-state index in [9.17, 15) is 14.7 Å². The Morgan fingerprint density at radius 2 is 2.15 bits per heavy atom. The van der Waals surface area contributed by atoms with E-state index in [1.807, 2.05) is 12.1 Å². The van der Waals surface area contributed by atoms with E-state index in [1.165, 1.54) is 0 Å². The lowest BCUT2D eigenvalue weighted by Crippen LogP contribution is -2.18. The van der Waals surface area contributed by atoms with Gasteiger partial charge in [0.2, 0.25) is 5.91 Å². The SMILES string of the molecule is O=C1NN=Cc2c[nH]c3cc(NC(=O)C4CC4c4cccc(O)c4)cc1c23. The molecule has 1 aliphatic heterocycles. The number of hydrogen-bond acceptors (Lipinski definition) is 4. The highest BCUT2D eigenvalue weighted by molar-refractivity contribution is 6.15. The molecule has 0 saturated heterocycles. The van der Waals surface area contributed by atoms with Crippen LogP contribution in [0.15, 0.2) is 47.7 Å². The number of aromatic nitrogens is 1. The number of carbonyl (C=O) groups is 2. The molecule has 27 heavy (non-hydrogen) atoms. The number of H-pyrrole nitrogens is 1. The Morgan fingerprint density at radius 1 is 1.26 bits per heavy atom. The zero-order valence-electron chi connectivity index (χ0n) is 14.2. The van der Waals surface area contributed by atoms with Crippen molar-refractivity contribution in [3.63, 3.8) is 0 Å². The number of carbonyl (C=O) groups excluding carboxylic acids is 2. The second kappa shape index (κ2) is 5.70. The number of hydrogen-bond donors (Lipinski definition) is 4. The second-order valence-electron chi connectivity index (χ2n) is 6.92. The summed E-state index contributed by atoms with van der Waals surface area (Å²) in [6, 6.07) is 10.5. The molecular weight excluding hydrogens is 344 g/mol. The topological polar surface area (TPSA) is 107 Å². The maximum Gasteiger partial charge on any atom is 0.272 e. The molecule has 0 radical (unpaired) electrons. The highest BCUT2D eigenvalue weighted by Gasteiger charge is 2.44. The molecule has 1 aliphatic carbocycles. The first kappa shape index (κ1) is 15.6. The summed E-state index contributed by atoms with van der Waals surface area (Å²) in [4.78, 5) is 28.0. The normalized spacial score (nSPS) is 20.2. The van der Waals surface area contributed by atoms with Gasteiger partial charge in [0.25, 0.3) is 5.91 Å². The summed E-state index contributed by atoms with van der Waals surface area (Å²) in [7, 11) is 0. The summed E-state index contributed by atoms with van der Waals surface area (Å²) in [5, 5.41) is 17.2. The maximum atomic E-state index is 12.6. The monoisotopic (exact) mass is 360 g/mol. The first-order valence-corrected chi connectivity index (χ1v) is 8.68. The third kappa shape index (κ3) is 2.64. The third-order valence-corrected chi connectivity index (χ3v) is 5.12. The van der Waals surface area contributed by atoms with E-state index in [1.54, 1.807) is 36.7 Å². The van der Waals surface area contributed by atoms with Gasteiger partial charge in [0, 0.05) is 34.3 Å². The molecule has 0 bridgehead atoms. The molecule has 7 nitrogen and oxygen atoms in total. The minimum atomic E-state index is -0.310. The Hall–Kier alpha value is -3.61. The van der Waals surface area contributed by atoms with Gasteiger partial charge in [0.05, 0.1) is 11.8 Å². The second-order valence-corrected chi connectivity index (χ2v) is 6.92. The molecule has 0 spiro atoms. The van der Waals surface area contributed by atoms with Crippen molar-refractivity contribution in [2.24, 2.45) is 11.0 Å². The van der Waals surface area contributed by atoms with Crippen LogP contribution in [0.3, 0.4) is 0 Å². The molecule has 1 aromatic heterocycles. The fraction of sp³-hybridized carbons (Fsp3) is 0.150. The lowest BCUT2D eigenvalue weighted by Gasteiger charge is -2.08. The molecular formula is C20H16N4O3. The fourth-order valence-electron chi connectivity index (χ4n) is 3.71. The molecule has 5 rings (SSSR count). The highest BCUT2D eigenvalue weighted by Crippen LogP contribution is 2.48. The van der Waals surface area contributed by atoms with Crippen molar-refractivity contribution in [2.45, 2.75) is 12.3 Å². The molecule has 134 valence electrons. The summed E-state index contributed by atoms with van der Waals surface area (Å²) in [6.45, 7) is 0. The van der Waals surface area contributed by atoms with Gasteiger partial charge in [-0.2, -0.15) is 5.10 Å². The Morgan fingerprint density at radius 3 is 3.00 bits per heavy atom. The predicted octanol–water partition coefficient (Wildman–Crippen LogP) is 2.69. The van der Waals surface area contributed by atoms with Gasteiger partial charge in [0.15, 0.2) is 0 Å². The number of aromatic amines is 1. The van der Waals surface area contributed by atoms with E-state index in [4.69, 9.17) is 0 Å². The van der Waals surface area contributed by atoms with Gasteiger partial charge in [-0.05, 0) is 42.2 Å². The van der Waals surface area contributed by atoms with Crippen molar-refractivity contribution >= 4 is 34.6 Å². The summed E-state index contributed by atoms with van der Waals surface area (Å²) in [6.07, 6.45) is 4.11. The third-order valence-electron chi connectivity index (χ3n) is 5.12. The van der Waals surface area contributed by atoms with Gasteiger partial charge in [-0.1, -0.05) is 12.1 Å². The molecule has 2 atom stereocenters. The van der Waals surface area contributed by atoms with Crippen molar-refractivity contribution in [3.05, 3.63) is 59.3 Å². The standard InChI is InChI=1S/C20H16N4O3/c25-13-3-1-2-10(4-13)14-7-15(14)19(26)23-12-5-16-18-11(8-21-17(18)6-12)9-22-24-20(16)27/h1-6,8-9,14-15,21,25H,7H2,(H,23,26)(H,24,27). The van der Waals surface area contributed by atoms with Gasteiger partial charge in [-0.15, -0.1) is 0 Å². The van der Waals surface area contributed by atoms with E-state index < -0.39 is 0 Å². The average molecular weight is 360 g/mol. The van der Waals surface area contributed by atoms with E-state index in [2.05, 4.69) is 20.8 Å². The number of phenols is 1. The van der Waals surface area contributed by atoms with Crippen molar-refractivity contribution in [1.29, 1.82) is 0 Å². The van der Waals surface area contributed by atoms with Crippen LogP contribution in [0.1, 0.15) is 33.8 Å². The van der Waals surface area contributed by atoms with Crippen LogP contribution in [0, 0.1) is 5.92 Å². The molecule has 2 aliphatic rings. The van der Waals surface area contributed by atoms with E-state index in [0.717, 1.165) is 28.5 Å². The van der Waals surface area contributed by atoms with Crippen LogP contribution in [0.25, 0.3) is 10.9 Å². The fourth-order valence-corrected chi connectivity index (χ4v) is 3.71. The van der Waals surface area contributed by atoms with Crippen LogP contribution in [0.4, 0.5) is 5.69 Å². The number of aromatic hydroxyl groups is 1. The Bertz CT molecular complexity index is 1130. The smallest absolute Gasteiger partial charge is 0.272 e. The van der Waals surface area contributed by atoms with Crippen molar-refractivity contribution in [2.75, 3.05) is 5.32 Å². The van der Waals surface area contributed by atoms with Crippen molar-refractivity contribution in [3.8, 4) is 5.75 Å². The Balaban J connectivity index is 1.40. The molecule has 2 amide bonds. The highest BCUT2D eigenvalue weighted by atomic mass is 16.3. The number of rotatable bonds is 3. The molecule has 2 unspecified atom stereocenters. The van der Waals surface area contributed by atoms with Crippen LogP contribution in [-0.2, 0) is 4.79 Å². The van der Waals surface area contributed by atoms with Crippen LogP contribution in [0.2, 0.25) is 0 Å². The number of phenolic OH excluding ortho intramolecular Hbond substituents is 1. The van der Waals surface area contributed by atoms with E-state index in [0.29, 0.717) is 11.3 Å². The van der Waals surface area contributed by atoms with Crippen LogP contribution < -0.4 is 10.7 Å². The number of amides is 2. The minimum Gasteiger partial charge on any atom is -0.508 e. The van der Waals surface area contributed by atoms with Gasteiger partial charge in [0.1, 0.15) is 5.75 Å². The number of nitrogens with zero attached hydrogens (tertiary/aromatic N) is 1. The molecule has 2 heterocycles. The quantitative estimate of drug-likeness (QED) is 0.577. The summed E-state index contributed by atoms with van der Waals surface area (Å²) < 4.78 is 0. The molecule has 1 saturated carbocycles. The summed E-state index contributed by atoms with van der Waals surface area (Å²) in [5.41, 5.74) is 6.05. The van der Waals surface area contributed by atoms with Crippen LogP contribution in [0.5, 0.6) is 5.75 Å². The molecule has 4 N–H and O–H groups in total. The van der Waals surface area contributed by atoms with Crippen LogP contribution >= 0.6 is 0 Å². The van der Waals surface area contributed by atoms with Gasteiger partial charge in [-0.3, -0.25) is 9.59 Å². The van der Waals surface area contributed by atoms with E-state index in [-0.39, 0.29) is 29.4 Å². The molecule has 7 heteroatoms. The first-order valence-electron chi connectivity index (χ1n) is 8.68. The minimum absolute atomic E-state index is 0.0908. The predicted molar refractivity (Wildman–Crippen MR) is 101 cm³/mol. The molecule has 1 fully saturated rings. The molecule has 2 aromatic carbocycles. The lowest BCUT2D eigenvalue weighted by molar-refractivity contribution is -0.117.